The molecule has 0 saturated heterocycles. The van der Waals surface area contributed by atoms with Crippen LogP contribution in [-0.4, -0.2) is 11.2 Å². The monoisotopic (exact) mass is 238 g/mol. The Morgan fingerprint density at radius 1 is 1.12 bits per heavy atom. The Hall–Kier alpha value is -0.0400. The summed E-state index contributed by atoms with van der Waals surface area (Å²) in [6.45, 7) is 11.5. The fourth-order valence-corrected chi connectivity index (χ4v) is 4.56. The van der Waals surface area contributed by atoms with Crippen molar-refractivity contribution in [1.82, 2.24) is 0 Å². The molecule has 100 valence electrons. The van der Waals surface area contributed by atoms with Gasteiger partial charge in [-0.05, 0) is 54.3 Å². The van der Waals surface area contributed by atoms with Crippen LogP contribution < -0.4 is 0 Å². The van der Waals surface area contributed by atoms with E-state index in [4.69, 9.17) is 0 Å². The van der Waals surface area contributed by atoms with E-state index in [1.165, 1.54) is 19.3 Å². The Labute approximate surface area is 107 Å². The highest BCUT2D eigenvalue weighted by atomic mass is 16.3. The highest BCUT2D eigenvalue weighted by Gasteiger charge is 2.52. The lowest BCUT2D eigenvalue weighted by Crippen LogP contribution is -2.53. The molecule has 3 rings (SSSR count). The lowest BCUT2D eigenvalue weighted by atomic mass is 9.49. The van der Waals surface area contributed by atoms with E-state index in [0.717, 1.165) is 30.1 Å². The van der Waals surface area contributed by atoms with Gasteiger partial charge in [0, 0.05) is 0 Å². The van der Waals surface area contributed by atoms with Crippen molar-refractivity contribution in [2.45, 2.75) is 66.4 Å². The fraction of sp³-hybridized carbons (Fsp3) is 1.00. The summed E-state index contributed by atoms with van der Waals surface area (Å²) >= 11 is 0. The molecule has 0 amide bonds. The molecule has 1 nitrogen and oxygen atoms in total. The van der Waals surface area contributed by atoms with Crippen LogP contribution in [0.3, 0.4) is 0 Å². The number of aliphatic hydroxyl groups is 1. The van der Waals surface area contributed by atoms with Crippen molar-refractivity contribution in [2.24, 2.45) is 35.0 Å². The predicted octanol–water partition coefficient (Wildman–Crippen LogP) is 4.10. The summed E-state index contributed by atoms with van der Waals surface area (Å²) in [5.74, 6) is 3.80. The molecule has 0 aromatic carbocycles. The van der Waals surface area contributed by atoms with Gasteiger partial charge in [0.25, 0.3) is 0 Å². The molecule has 0 heterocycles. The van der Waals surface area contributed by atoms with E-state index in [0.29, 0.717) is 5.92 Å². The van der Waals surface area contributed by atoms with E-state index in [2.05, 4.69) is 34.6 Å². The summed E-state index contributed by atoms with van der Waals surface area (Å²) in [4.78, 5) is 0. The van der Waals surface area contributed by atoms with Crippen molar-refractivity contribution < 1.29 is 5.11 Å². The van der Waals surface area contributed by atoms with Gasteiger partial charge in [-0.25, -0.2) is 0 Å². The zero-order valence-electron chi connectivity index (χ0n) is 12.2. The van der Waals surface area contributed by atoms with Crippen LogP contribution in [0.15, 0.2) is 0 Å². The van der Waals surface area contributed by atoms with Crippen LogP contribution in [0, 0.1) is 35.0 Å². The molecule has 17 heavy (non-hydrogen) atoms. The van der Waals surface area contributed by atoms with Crippen molar-refractivity contribution in [1.29, 1.82) is 0 Å². The van der Waals surface area contributed by atoms with Crippen molar-refractivity contribution in [3.63, 3.8) is 0 Å². The van der Waals surface area contributed by atoms with Crippen molar-refractivity contribution >= 4 is 0 Å². The van der Waals surface area contributed by atoms with Gasteiger partial charge in [0.1, 0.15) is 0 Å². The van der Waals surface area contributed by atoms with Crippen LogP contribution in [0.5, 0.6) is 0 Å². The summed E-state index contributed by atoms with van der Waals surface area (Å²) in [5, 5.41) is 10.8. The lowest BCUT2D eigenvalue weighted by molar-refractivity contribution is -0.129. The third kappa shape index (κ3) is 2.16. The van der Waals surface area contributed by atoms with Gasteiger partial charge in [-0.1, -0.05) is 41.0 Å². The largest absolute Gasteiger partial charge is 0.392 e. The Morgan fingerprint density at radius 2 is 1.59 bits per heavy atom. The van der Waals surface area contributed by atoms with E-state index in [1.807, 2.05) is 0 Å². The van der Waals surface area contributed by atoms with Crippen molar-refractivity contribution in [3.8, 4) is 0 Å². The van der Waals surface area contributed by atoms with Gasteiger partial charge >= 0.3 is 0 Å². The first-order chi connectivity index (χ1) is 7.88. The van der Waals surface area contributed by atoms with Gasteiger partial charge in [0.15, 0.2) is 0 Å². The Balaban J connectivity index is 2.10. The van der Waals surface area contributed by atoms with E-state index in [1.54, 1.807) is 0 Å². The summed E-state index contributed by atoms with van der Waals surface area (Å²) in [6.07, 6.45) is 5.06. The SMILES string of the molecule is CCCC(C)(C)C(O)C1C(C)C2CC(C2)C1C. The molecule has 3 aliphatic rings. The molecule has 1 heteroatoms. The van der Waals surface area contributed by atoms with Crippen LogP contribution in [0.1, 0.15) is 60.3 Å². The second-order valence-corrected chi connectivity index (χ2v) is 7.47. The third-order valence-corrected chi connectivity index (χ3v) is 5.97. The molecule has 0 aromatic heterocycles. The molecule has 3 fully saturated rings. The van der Waals surface area contributed by atoms with Crippen molar-refractivity contribution in [3.05, 3.63) is 0 Å². The second-order valence-electron chi connectivity index (χ2n) is 7.47. The first kappa shape index (κ1) is 13.4. The quantitative estimate of drug-likeness (QED) is 0.781. The minimum Gasteiger partial charge on any atom is -0.392 e. The van der Waals surface area contributed by atoms with Gasteiger partial charge in [0.2, 0.25) is 0 Å². The maximum Gasteiger partial charge on any atom is 0.0624 e. The number of rotatable bonds is 4. The molecule has 3 saturated carbocycles. The Morgan fingerprint density at radius 3 is 2.00 bits per heavy atom. The van der Waals surface area contributed by atoms with Gasteiger partial charge < -0.3 is 5.11 Å². The minimum atomic E-state index is -0.113. The van der Waals surface area contributed by atoms with E-state index < -0.39 is 0 Å². The van der Waals surface area contributed by atoms with Crippen LogP contribution in [0.25, 0.3) is 0 Å². The first-order valence-corrected chi connectivity index (χ1v) is 7.56. The lowest BCUT2D eigenvalue weighted by Gasteiger charge is -2.57. The molecular formula is C16H30O. The number of aliphatic hydroxyl groups excluding tert-OH is 1. The maximum atomic E-state index is 10.8. The topological polar surface area (TPSA) is 20.2 Å². The number of hydrogen-bond donors (Lipinski definition) is 1. The summed E-state index contributed by atoms with van der Waals surface area (Å²) in [6, 6.07) is 0. The molecule has 0 radical (unpaired) electrons. The zero-order valence-corrected chi connectivity index (χ0v) is 12.2. The molecule has 3 aliphatic carbocycles. The molecule has 0 aromatic rings. The number of hydrogen-bond acceptors (Lipinski definition) is 1. The summed E-state index contributed by atoms with van der Waals surface area (Å²) < 4.78 is 0. The Bertz CT molecular complexity index is 251. The maximum absolute atomic E-state index is 10.8. The molecule has 1 N–H and O–H groups in total. The highest BCUT2D eigenvalue weighted by molar-refractivity contribution is 5.01. The van der Waals surface area contributed by atoms with Crippen LogP contribution in [-0.2, 0) is 0 Å². The zero-order chi connectivity index (χ0) is 12.8. The number of fused-ring (bicyclic) bond motifs is 2. The van der Waals surface area contributed by atoms with Gasteiger partial charge in [0.05, 0.1) is 6.10 Å². The van der Waals surface area contributed by atoms with E-state index >= 15 is 0 Å². The average Bonchev–Trinajstić information content (AvgIpc) is 2.14. The standard InChI is InChI=1S/C16H30O/c1-6-7-16(4,5)15(17)14-10(2)12-8-13(9-12)11(14)3/h10-15,17H,6-9H2,1-5H3. The summed E-state index contributed by atoms with van der Waals surface area (Å²) in [5.41, 5.74) is 0.0890. The third-order valence-electron chi connectivity index (χ3n) is 5.97. The van der Waals surface area contributed by atoms with Crippen molar-refractivity contribution in [2.75, 3.05) is 0 Å². The van der Waals surface area contributed by atoms with Crippen LogP contribution >= 0.6 is 0 Å². The molecular weight excluding hydrogens is 208 g/mol. The summed E-state index contributed by atoms with van der Waals surface area (Å²) in [7, 11) is 0. The smallest absolute Gasteiger partial charge is 0.0624 e. The Kier molecular flexibility index (Phi) is 3.60. The van der Waals surface area contributed by atoms with Gasteiger partial charge in [-0.2, -0.15) is 0 Å². The average molecular weight is 238 g/mol. The molecule has 0 aliphatic heterocycles. The second kappa shape index (κ2) is 4.57. The molecule has 3 unspecified atom stereocenters. The minimum absolute atomic E-state index is 0.0890. The predicted molar refractivity (Wildman–Crippen MR) is 72.7 cm³/mol. The van der Waals surface area contributed by atoms with E-state index in [-0.39, 0.29) is 11.5 Å². The molecule has 2 bridgehead atoms. The fourth-order valence-electron chi connectivity index (χ4n) is 4.56. The van der Waals surface area contributed by atoms with Crippen LogP contribution in [0.4, 0.5) is 0 Å². The highest BCUT2D eigenvalue weighted by Crippen LogP contribution is 2.57. The van der Waals surface area contributed by atoms with Crippen LogP contribution in [0.2, 0.25) is 0 Å². The normalized spacial score (nSPS) is 43.1. The molecule has 3 atom stereocenters. The van der Waals surface area contributed by atoms with Gasteiger partial charge in [-0.15, -0.1) is 0 Å². The molecule has 0 spiro atoms. The van der Waals surface area contributed by atoms with Gasteiger partial charge in [-0.3, -0.25) is 0 Å². The van der Waals surface area contributed by atoms with E-state index in [9.17, 15) is 5.11 Å². The first-order valence-electron chi connectivity index (χ1n) is 7.56.